The van der Waals surface area contributed by atoms with Crippen molar-refractivity contribution in [3.8, 4) is 0 Å². The second kappa shape index (κ2) is 7.99. The van der Waals surface area contributed by atoms with Gasteiger partial charge in [-0.15, -0.1) is 11.3 Å². The van der Waals surface area contributed by atoms with Crippen LogP contribution < -0.4 is 10.2 Å². The van der Waals surface area contributed by atoms with Gasteiger partial charge < -0.3 is 10.2 Å². The Balaban J connectivity index is 1.75. The summed E-state index contributed by atoms with van der Waals surface area (Å²) in [5.41, 5.74) is 0. The summed E-state index contributed by atoms with van der Waals surface area (Å²) >= 11 is 1.03. The molecule has 0 bridgehead atoms. The predicted octanol–water partition coefficient (Wildman–Crippen LogP) is 4.01. The van der Waals surface area contributed by atoms with Crippen LogP contribution in [0.4, 0.5) is 27.8 Å². The maximum Gasteiger partial charge on any atom is 0.393 e. The number of nitrogens with one attached hydrogen (secondary N) is 1. The fourth-order valence-electron chi connectivity index (χ4n) is 3.20. The summed E-state index contributed by atoms with van der Waals surface area (Å²) in [6.45, 7) is 0.967. The molecule has 4 nitrogen and oxygen atoms in total. The van der Waals surface area contributed by atoms with E-state index in [4.69, 9.17) is 0 Å². The maximum atomic E-state index is 12.7. The highest BCUT2D eigenvalue weighted by molar-refractivity contribution is 7.18. The number of fused-ring (bicyclic) bond motifs is 1. The fraction of sp³-hybridized carbons (Fsp3) is 0.625. The number of hydrogen-bond donors (Lipinski definition) is 1. The van der Waals surface area contributed by atoms with Gasteiger partial charge in [0, 0.05) is 24.0 Å². The highest BCUT2D eigenvalue weighted by Gasteiger charge is 2.29. The molecule has 1 N–H and O–H groups in total. The Hall–Kier alpha value is -1.55. The average molecular weight is 394 g/mol. The lowest BCUT2D eigenvalue weighted by Gasteiger charge is -2.22. The normalized spacial score (nSPS) is 19.3. The third-order valence-electron chi connectivity index (χ3n) is 4.32. The first-order valence-electron chi connectivity index (χ1n) is 8.38. The van der Waals surface area contributed by atoms with Crippen LogP contribution >= 0.6 is 11.3 Å². The summed E-state index contributed by atoms with van der Waals surface area (Å²) < 4.78 is 62.7. The molecule has 2 aromatic rings. The molecule has 1 atom stereocenters. The Labute approximate surface area is 151 Å². The van der Waals surface area contributed by atoms with Crippen molar-refractivity contribution in [2.24, 2.45) is 0 Å². The molecule has 1 aliphatic rings. The standard InChI is InChI=1S/C16H19F5N4S/c17-13(18)8-22-10-2-1-4-25(5-3-10)14-12-6-11(7-16(19,20)21)26-15(12)24-9-23-14/h6,9-10,13,22H,1-5,7-8H2/t10-/m1/s1. The molecular weight excluding hydrogens is 375 g/mol. The first-order valence-corrected chi connectivity index (χ1v) is 9.20. The number of aromatic nitrogens is 2. The van der Waals surface area contributed by atoms with Gasteiger partial charge in [-0.1, -0.05) is 0 Å². The first-order chi connectivity index (χ1) is 12.3. The molecule has 2 aromatic heterocycles. The second-order valence-corrected chi connectivity index (χ2v) is 7.45. The van der Waals surface area contributed by atoms with E-state index >= 15 is 0 Å². The van der Waals surface area contributed by atoms with Crippen molar-refractivity contribution in [3.63, 3.8) is 0 Å². The smallest absolute Gasteiger partial charge is 0.356 e. The van der Waals surface area contributed by atoms with Crippen LogP contribution in [0.2, 0.25) is 0 Å². The van der Waals surface area contributed by atoms with Gasteiger partial charge in [0.2, 0.25) is 0 Å². The van der Waals surface area contributed by atoms with Gasteiger partial charge in [-0.05, 0) is 25.3 Å². The molecule has 3 heterocycles. The van der Waals surface area contributed by atoms with Gasteiger partial charge in [-0.3, -0.25) is 0 Å². The van der Waals surface area contributed by atoms with E-state index in [2.05, 4.69) is 15.3 Å². The van der Waals surface area contributed by atoms with Crippen LogP contribution in [-0.2, 0) is 6.42 Å². The van der Waals surface area contributed by atoms with Gasteiger partial charge in [0.1, 0.15) is 17.0 Å². The number of anilines is 1. The zero-order chi connectivity index (χ0) is 18.7. The van der Waals surface area contributed by atoms with Crippen molar-refractivity contribution < 1.29 is 22.0 Å². The number of nitrogens with zero attached hydrogens (tertiary/aromatic N) is 3. The van der Waals surface area contributed by atoms with Crippen molar-refractivity contribution in [2.75, 3.05) is 24.5 Å². The number of rotatable bonds is 5. The van der Waals surface area contributed by atoms with Crippen molar-refractivity contribution in [2.45, 2.75) is 44.3 Å². The highest BCUT2D eigenvalue weighted by atomic mass is 32.1. The second-order valence-electron chi connectivity index (χ2n) is 6.33. The van der Waals surface area contributed by atoms with Gasteiger partial charge >= 0.3 is 6.18 Å². The molecule has 0 saturated carbocycles. The van der Waals surface area contributed by atoms with Gasteiger partial charge in [-0.2, -0.15) is 13.2 Å². The molecule has 3 rings (SSSR count). The Morgan fingerprint density at radius 3 is 2.77 bits per heavy atom. The summed E-state index contributed by atoms with van der Waals surface area (Å²) in [7, 11) is 0. The van der Waals surface area contributed by atoms with Crippen LogP contribution in [0.5, 0.6) is 0 Å². The number of halogens is 5. The van der Waals surface area contributed by atoms with E-state index in [9.17, 15) is 22.0 Å². The number of thiophene rings is 1. The molecule has 0 spiro atoms. The summed E-state index contributed by atoms with van der Waals surface area (Å²) in [5.74, 6) is 0.620. The molecule has 10 heteroatoms. The molecule has 1 saturated heterocycles. The maximum absolute atomic E-state index is 12.7. The van der Waals surface area contributed by atoms with Crippen LogP contribution in [0, 0.1) is 0 Å². The number of hydrogen-bond acceptors (Lipinski definition) is 5. The molecule has 0 radical (unpaired) electrons. The Morgan fingerprint density at radius 2 is 2.04 bits per heavy atom. The summed E-state index contributed by atoms with van der Waals surface area (Å²) in [6.07, 6.45) is -4.01. The molecule has 0 amide bonds. The topological polar surface area (TPSA) is 41.0 Å². The van der Waals surface area contributed by atoms with E-state index in [1.807, 2.05) is 4.90 Å². The SMILES string of the molecule is FC(F)CN[C@@H]1CCCN(c2ncnc3sc(CC(F)(F)F)cc23)CC1. The molecule has 0 aromatic carbocycles. The highest BCUT2D eigenvalue weighted by Crippen LogP contribution is 2.34. The van der Waals surface area contributed by atoms with Gasteiger partial charge in [0.25, 0.3) is 6.43 Å². The van der Waals surface area contributed by atoms with E-state index in [1.165, 1.54) is 12.4 Å². The summed E-state index contributed by atoms with van der Waals surface area (Å²) in [4.78, 5) is 11.1. The molecule has 26 heavy (non-hydrogen) atoms. The largest absolute Gasteiger partial charge is 0.393 e. The minimum absolute atomic E-state index is 0.00888. The quantitative estimate of drug-likeness (QED) is 0.778. The zero-order valence-corrected chi connectivity index (χ0v) is 14.7. The van der Waals surface area contributed by atoms with E-state index in [-0.39, 0.29) is 17.5 Å². The minimum atomic E-state index is -4.26. The third kappa shape index (κ3) is 5.00. The predicted molar refractivity (Wildman–Crippen MR) is 91.0 cm³/mol. The van der Waals surface area contributed by atoms with E-state index in [1.54, 1.807) is 0 Å². The molecule has 1 fully saturated rings. The lowest BCUT2D eigenvalue weighted by molar-refractivity contribution is -0.126. The van der Waals surface area contributed by atoms with Gasteiger partial charge in [0.05, 0.1) is 18.4 Å². The third-order valence-corrected chi connectivity index (χ3v) is 5.37. The molecule has 0 unspecified atom stereocenters. The molecule has 144 valence electrons. The Morgan fingerprint density at radius 1 is 1.23 bits per heavy atom. The zero-order valence-electron chi connectivity index (χ0n) is 13.9. The minimum Gasteiger partial charge on any atom is -0.356 e. The monoisotopic (exact) mass is 394 g/mol. The lowest BCUT2D eigenvalue weighted by Crippen LogP contribution is -2.34. The van der Waals surface area contributed by atoms with Crippen molar-refractivity contribution in [1.29, 1.82) is 0 Å². The molecule has 1 aliphatic heterocycles. The van der Waals surface area contributed by atoms with Crippen molar-refractivity contribution >= 4 is 27.4 Å². The van der Waals surface area contributed by atoms with Crippen LogP contribution in [-0.4, -0.2) is 48.2 Å². The van der Waals surface area contributed by atoms with Crippen LogP contribution in [0.1, 0.15) is 24.1 Å². The van der Waals surface area contributed by atoms with Crippen molar-refractivity contribution in [3.05, 3.63) is 17.3 Å². The lowest BCUT2D eigenvalue weighted by atomic mass is 10.1. The van der Waals surface area contributed by atoms with E-state index < -0.39 is 19.0 Å². The summed E-state index contributed by atoms with van der Waals surface area (Å²) in [6, 6.07) is 1.52. The Kier molecular flexibility index (Phi) is 5.91. The van der Waals surface area contributed by atoms with E-state index in [0.29, 0.717) is 35.5 Å². The molecule has 0 aliphatic carbocycles. The Bertz CT molecular complexity index is 733. The average Bonchev–Trinajstić information content (AvgIpc) is 2.80. The van der Waals surface area contributed by atoms with E-state index in [0.717, 1.165) is 24.2 Å². The van der Waals surface area contributed by atoms with Gasteiger partial charge in [-0.25, -0.2) is 18.7 Å². The summed E-state index contributed by atoms with van der Waals surface area (Å²) in [5, 5.41) is 3.49. The van der Waals surface area contributed by atoms with Gasteiger partial charge in [0.15, 0.2) is 0 Å². The van der Waals surface area contributed by atoms with Crippen LogP contribution in [0.15, 0.2) is 12.4 Å². The first kappa shape index (κ1) is 19.2. The molecular formula is C16H19F5N4S. The fourth-order valence-corrected chi connectivity index (χ4v) is 4.22. The van der Waals surface area contributed by atoms with Crippen LogP contribution in [0.3, 0.4) is 0 Å². The number of alkyl halides is 5. The van der Waals surface area contributed by atoms with Crippen LogP contribution in [0.25, 0.3) is 10.2 Å². The van der Waals surface area contributed by atoms with Crippen molar-refractivity contribution in [1.82, 2.24) is 15.3 Å².